The van der Waals surface area contributed by atoms with E-state index in [2.05, 4.69) is 10.5 Å². The van der Waals surface area contributed by atoms with Crippen LogP contribution >= 0.6 is 0 Å². The third-order valence-corrected chi connectivity index (χ3v) is 8.80. The molecule has 8 heteroatoms. The Labute approximate surface area is 232 Å². The number of hydrazone groups is 1. The van der Waals surface area contributed by atoms with Gasteiger partial charge in [0.1, 0.15) is 0 Å². The zero-order valence-corrected chi connectivity index (χ0v) is 22.1. The van der Waals surface area contributed by atoms with Crippen LogP contribution in [0.25, 0.3) is 0 Å². The van der Waals surface area contributed by atoms with Crippen molar-refractivity contribution in [3.05, 3.63) is 107 Å². The van der Waals surface area contributed by atoms with Crippen molar-refractivity contribution in [1.29, 1.82) is 0 Å². The fraction of sp³-hybridized carbons (Fsp3) is 0.312. The summed E-state index contributed by atoms with van der Waals surface area (Å²) in [6.45, 7) is 2.81. The molecule has 3 aliphatic carbocycles. The summed E-state index contributed by atoms with van der Waals surface area (Å²) in [7, 11) is 0. The van der Waals surface area contributed by atoms with Crippen molar-refractivity contribution in [2.45, 2.75) is 37.0 Å². The number of rotatable bonds is 6. The maximum Gasteiger partial charge on any atom is 0.245 e. The van der Waals surface area contributed by atoms with Gasteiger partial charge in [0, 0.05) is 12.1 Å². The van der Waals surface area contributed by atoms with Gasteiger partial charge in [-0.05, 0) is 34.7 Å². The molecule has 202 valence electrons. The molecule has 2 atom stereocenters. The average molecular weight is 536 g/mol. The molecular formula is C32H29N3O5. The molecule has 2 heterocycles. The Hall–Kier alpha value is -4.14. The molecule has 3 amide bonds. The summed E-state index contributed by atoms with van der Waals surface area (Å²) < 4.78 is 11.1. The molecule has 2 aliphatic heterocycles. The van der Waals surface area contributed by atoms with Gasteiger partial charge < -0.3 is 9.47 Å². The van der Waals surface area contributed by atoms with Crippen molar-refractivity contribution in [2.75, 3.05) is 13.2 Å². The van der Waals surface area contributed by atoms with Gasteiger partial charge in [-0.2, -0.15) is 5.10 Å². The molecule has 3 aromatic rings. The minimum atomic E-state index is -1.03. The minimum absolute atomic E-state index is 0.0130. The van der Waals surface area contributed by atoms with E-state index in [4.69, 9.17) is 9.47 Å². The second-order valence-electron chi connectivity index (χ2n) is 11.1. The number of hydrogen-bond donors (Lipinski definition) is 1. The van der Waals surface area contributed by atoms with Gasteiger partial charge in [-0.25, -0.2) is 5.43 Å². The summed E-state index contributed by atoms with van der Waals surface area (Å²) in [6.07, 6.45) is 1.66. The summed E-state index contributed by atoms with van der Waals surface area (Å²) in [5, 5.41) is 4.44. The van der Waals surface area contributed by atoms with Crippen LogP contribution in [0, 0.1) is 11.8 Å². The molecule has 0 saturated carbocycles. The normalized spacial score (nSPS) is 27.5. The van der Waals surface area contributed by atoms with Crippen LogP contribution in [-0.4, -0.2) is 47.8 Å². The van der Waals surface area contributed by atoms with E-state index in [1.165, 1.54) is 4.90 Å². The van der Waals surface area contributed by atoms with Gasteiger partial charge in [0.2, 0.25) is 17.7 Å². The maximum absolute atomic E-state index is 14.3. The first-order valence-electron chi connectivity index (χ1n) is 13.6. The van der Waals surface area contributed by atoms with Gasteiger partial charge >= 0.3 is 0 Å². The second kappa shape index (κ2) is 9.21. The summed E-state index contributed by atoms with van der Waals surface area (Å²) in [5.41, 5.74) is 6.42. The van der Waals surface area contributed by atoms with Gasteiger partial charge in [-0.15, -0.1) is 0 Å². The highest BCUT2D eigenvalue weighted by molar-refractivity contribution is 6.11. The molecule has 2 saturated heterocycles. The first-order valence-corrected chi connectivity index (χ1v) is 13.6. The summed E-state index contributed by atoms with van der Waals surface area (Å²) >= 11 is 0. The smallest absolute Gasteiger partial charge is 0.245 e. The maximum atomic E-state index is 14.3. The Kier molecular flexibility index (Phi) is 5.73. The quantitative estimate of drug-likeness (QED) is 0.296. The molecule has 3 aromatic carbocycles. The van der Waals surface area contributed by atoms with E-state index in [9.17, 15) is 14.4 Å². The fourth-order valence-corrected chi connectivity index (χ4v) is 7.23. The molecule has 0 unspecified atom stereocenters. The molecule has 0 aromatic heterocycles. The predicted octanol–water partition coefficient (Wildman–Crippen LogP) is 3.49. The lowest BCUT2D eigenvalue weighted by molar-refractivity contribution is -0.159. The molecule has 40 heavy (non-hydrogen) atoms. The van der Waals surface area contributed by atoms with Crippen LogP contribution in [-0.2, 0) is 35.8 Å². The number of likely N-dealkylation sites (tertiary alicyclic amines) is 1. The third kappa shape index (κ3) is 3.59. The number of ether oxygens (including phenoxy) is 2. The number of nitrogens with zero attached hydrogens (tertiary/aromatic N) is 2. The van der Waals surface area contributed by atoms with E-state index < -0.39 is 23.0 Å². The lowest BCUT2D eigenvalue weighted by Gasteiger charge is -2.52. The van der Waals surface area contributed by atoms with Crippen molar-refractivity contribution in [3.8, 4) is 0 Å². The zero-order chi connectivity index (χ0) is 27.5. The van der Waals surface area contributed by atoms with Crippen molar-refractivity contribution in [2.24, 2.45) is 16.9 Å². The van der Waals surface area contributed by atoms with E-state index in [0.717, 1.165) is 27.8 Å². The van der Waals surface area contributed by atoms with Gasteiger partial charge in [-0.3, -0.25) is 19.3 Å². The molecular weight excluding hydrogens is 506 g/mol. The number of amides is 3. The average Bonchev–Trinajstić information content (AvgIpc) is 3.51. The Bertz CT molecular complexity index is 1500. The number of carbonyl (C=O) groups is 3. The second-order valence-corrected chi connectivity index (χ2v) is 11.1. The fourth-order valence-electron chi connectivity index (χ4n) is 7.23. The molecule has 8 nitrogen and oxygen atoms in total. The summed E-state index contributed by atoms with van der Waals surface area (Å²) in [4.78, 5) is 42.6. The first kappa shape index (κ1) is 24.9. The van der Waals surface area contributed by atoms with E-state index in [-0.39, 0.29) is 36.6 Å². The summed E-state index contributed by atoms with van der Waals surface area (Å²) in [5.74, 6) is -3.23. The highest BCUT2D eigenvalue weighted by Crippen LogP contribution is 2.63. The minimum Gasteiger partial charge on any atom is -0.347 e. The van der Waals surface area contributed by atoms with E-state index >= 15 is 0 Å². The Morgan fingerprint density at radius 2 is 1.52 bits per heavy atom. The first-order chi connectivity index (χ1) is 19.4. The largest absolute Gasteiger partial charge is 0.347 e. The van der Waals surface area contributed by atoms with Crippen LogP contribution in [0.15, 0.2) is 84.0 Å². The summed E-state index contributed by atoms with van der Waals surface area (Å²) in [6, 6.07) is 25.5. The molecule has 2 bridgehead atoms. The molecule has 5 aliphatic rings. The predicted molar refractivity (Wildman–Crippen MR) is 146 cm³/mol. The highest BCUT2D eigenvalue weighted by atomic mass is 16.7. The van der Waals surface area contributed by atoms with Crippen LogP contribution in [0.1, 0.15) is 47.1 Å². The number of nitrogens with one attached hydrogen (secondary N) is 1. The SMILES string of the molecule is CC1(CC(=O)N/N=C\C23c4ccccc4C(c4ccccc42)[C@H]2C(=O)N(Cc4ccccc4)C(=O)[C@@H]23)OCCO1. The van der Waals surface area contributed by atoms with Crippen molar-refractivity contribution >= 4 is 23.9 Å². The highest BCUT2D eigenvalue weighted by Gasteiger charge is 2.67. The lowest BCUT2D eigenvalue weighted by Crippen LogP contribution is -2.54. The van der Waals surface area contributed by atoms with Crippen molar-refractivity contribution in [1.82, 2.24) is 10.3 Å². The van der Waals surface area contributed by atoms with Crippen molar-refractivity contribution < 1.29 is 23.9 Å². The number of benzene rings is 3. The van der Waals surface area contributed by atoms with Crippen LogP contribution in [0.3, 0.4) is 0 Å². The van der Waals surface area contributed by atoms with Crippen LogP contribution in [0.4, 0.5) is 0 Å². The van der Waals surface area contributed by atoms with E-state index in [1.54, 1.807) is 13.1 Å². The Balaban J connectivity index is 1.32. The van der Waals surface area contributed by atoms with Crippen LogP contribution in [0.2, 0.25) is 0 Å². The van der Waals surface area contributed by atoms with Crippen LogP contribution in [0.5, 0.6) is 0 Å². The molecule has 0 spiro atoms. The molecule has 1 N–H and O–H groups in total. The van der Waals surface area contributed by atoms with E-state index in [1.807, 2.05) is 78.9 Å². The number of hydrogen-bond acceptors (Lipinski definition) is 6. The molecule has 0 radical (unpaired) electrons. The van der Waals surface area contributed by atoms with Gasteiger partial charge in [-0.1, -0.05) is 78.9 Å². The number of carbonyl (C=O) groups excluding carboxylic acids is 3. The Morgan fingerprint density at radius 1 is 0.925 bits per heavy atom. The van der Waals surface area contributed by atoms with Gasteiger partial charge in [0.15, 0.2) is 5.79 Å². The zero-order valence-electron chi connectivity index (χ0n) is 22.1. The third-order valence-electron chi connectivity index (χ3n) is 8.80. The van der Waals surface area contributed by atoms with Gasteiger partial charge in [0.25, 0.3) is 0 Å². The Morgan fingerprint density at radius 3 is 2.17 bits per heavy atom. The molecule has 8 rings (SSSR count). The number of imide groups is 1. The monoisotopic (exact) mass is 535 g/mol. The van der Waals surface area contributed by atoms with E-state index in [0.29, 0.717) is 13.2 Å². The lowest BCUT2D eigenvalue weighted by atomic mass is 9.47. The standard InChI is InChI=1S/C32H29N3O5/c1-31(39-15-16-40-31)17-25(36)34-33-19-32-23-13-7-5-11-21(23)26(22-12-6-8-14-24(22)32)27-28(32)30(38)35(29(27)37)18-20-9-3-2-4-10-20/h2-14,19,26-28H,15-18H2,1H3,(H,34,36)/b33-19-/t26?,27-,28-,32?/m1/s1. The van der Waals surface area contributed by atoms with Gasteiger partial charge in [0.05, 0.1) is 43.4 Å². The topological polar surface area (TPSA) is 97.3 Å². The molecule has 2 fully saturated rings. The van der Waals surface area contributed by atoms with Crippen molar-refractivity contribution in [3.63, 3.8) is 0 Å². The van der Waals surface area contributed by atoms with Crippen LogP contribution < -0.4 is 5.43 Å².